The van der Waals surface area contributed by atoms with Crippen LogP contribution in [0.2, 0.25) is 0 Å². The Kier molecular flexibility index (Phi) is 6.66. The minimum Gasteiger partial charge on any atom is -0.228 e. The molecular formula is C54H32N2. The van der Waals surface area contributed by atoms with E-state index in [0.717, 1.165) is 33.6 Å². The molecule has 258 valence electrons. The van der Waals surface area contributed by atoms with E-state index < -0.39 is 0 Å². The largest absolute Gasteiger partial charge is 0.228 e. The Morgan fingerprint density at radius 2 is 0.696 bits per heavy atom. The van der Waals surface area contributed by atoms with Gasteiger partial charge in [-0.25, -0.2) is 9.97 Å². The summed E-state index contributed by atoms with van der Waals surface area (Å²) < 4.78 is 0. The SMILES string of the molecule is c1ccc(-c2nc(-c3cccc(-c4ccc5ccccc5c4)c3)cc(-c3cc4ccc5cccc6c7cccc8ccc9cccc(c(c3)c4c56)c9c87)n2)cc1. The number of fused-ring (bicyclic) bond motifs is 3. The lowest BCUT2D eigenvalue weighted by molar-refractivity contribution is 1.18. The lowest BCUT2D eigenvalue weighted by Gasteiger charge is -2.17. The molecular weight excluding hydrogens is 677 g/mol. The Morgan fingerprint density at radius 1 is 0.232 bits per heavy atom. The molecule has 0 fully saturated rings. The zero-order valence-corrected chi connectivity index (χ0v) is 30.4. The Balaban J connectivity index is 1.15. The molecule has 0 aliphatic heterocycles. The Hall–Kier alpha value is -7.42. The maximum atomic E-state index is 5.33. The molecule has 0 unspecified atom stereocenters. The molecule has 0 amide bonds. The molecule has 2 heteroatoms. The quantitative estimate of drug-likeness (QED) is 0.170. The standard InChI is InChI=1S/C54H32N2/c1-2-11-37(12-3-1)54-55-48(41-18-6-17-39(29-41)40-26-22-33-10-4-5-13-38(33)28-40)32-49(56-54)43-30-42-27-25-36-15-8-20-45-44-19-7-14-34-23-24-35-16-9-21-46(52(35)50(34)44)47(31-43)53(42)51(36)45/h1-32H. The second-order valence-electron chi connectivity index (χ2n) is 14.9. The smallest absolute Gasteiger partial charge is 0.160 e. The Bertz CT molecular complexity index is 3520. The number of rotatable bonds is 4. The first-order valence-electron chi connectivity index (χ1n) is 19.2. The van der Waals surface area contributed by atoms with Gasteiger partial charge in [0.1, 0.15) is 0 Å². The van der Waals surface area contributed by atoms with Crippen LogP contribution in [0.1, 0.15) is 0 Å². The van der Waals surface area contributed by atoms with Crippen molar-refractivity contribution >= 4 is 75.4 Å². The summed E-state index contributed by atoms with van der Waals surface area (Å²) in [4.78, 5) is 10.6. The van der Waals surface area contributed by atoms with Crippen LogP contribution in [0.15, 0.2) is 194 Å². The van der Waals surface area contributed by atoms with Gasteiger partial charge in [0.15, 0.2) is 5.82 Å². The highest BCUT2D eigenvalue weighted by molar-refractivity contribution is 6.37. The highest BCUT2D eigenvalue weighted by Crippen LogP contribution is 2.44. The molecule has 11 aromatic carbocycles. The van der Waals surface area contributed by atoms with Crippen molar-refractivity contribution < 1.29 is 0 Å². The van der Waals surface area contributed by atoms with Gasteiger partial charge in [0, 0.05) is 16.7 Å². The maximum Gasteiger partial charge on any atom is 0.160 e. The van der Waals surface area contributed by atoms with Crippen molar-refractivity contribution in [2.24, 2.45) is 0 Å². The van der Waals surface area contributed by atoms with Gasteiger partial charge in [-0.05, 0) is 117 Å². The molecule has 0 atom stereocenters. The fraction of sp³-hybridized carbons (Fsp3) is 0. The summed E-state index contributed by atoms with van der Waals surface area (Å²) >= 11 is 0. The zero-order chi connectivity index (χ0) is 36.7. The van der Waals surface area contributed by atoms with Crippen LogP contribution in [0.25, 0.3) is 120 Å². The van der Waals surface area contributed by atoms with Crippen molar-refractivity contribution in [1.82, 2.24) is 9.97 Å². The van der Waals surface area contributed by atoms with E-state index in [1.165, 1.54) is 81.0 Å². The molecule has 2 nitrogen and oxygen atoms in total. The van der Waals surface area contributed by atoms with Gasteiger partial charge in [-0.3, -0.25) is 0 Å². The summed E-state index contributed by atoms with van der Waals surface area (Å²) in [7, 11) is 0. The van der Waals surface area contributed by atoms with E-state index in [-0.39, 0.29) is 0 Å². The van der Waals surface area contributed by atoms with E-state index in [0.29, 0.717) is 5.82 Å². The summed E-state index contributed by atoms with van der Waals surface area (Å²) in [5.74, 6) is 0.707. The van der Waals surface area contributed by atoms with Gasteiger partial charge < -0.3 is 0 Å². The van der Waals surface area contributed by atoms with Crippen LogP contribution in [0.5, 0.6) is 0 Å². The fourth-order valence-corrected chi connectivity index (χ4v) is 9.12. The van der Waals surface area contributed by atoms with Crippen LogP contribution < -0.4 is 0 Å². The van der Waals surface area contributed by atoms with Gasteiger partial charge in [-0.1, -0.05) is 164 Å². The fourth-order valence-electron chi connectivity index (χ4n) is 9.12. The molecule has 0 aliphatic rings. The second-order valence-corrected chi connectivity index (χ2v) is 14.9. The summed E-state index contributed by atoms with van der Waals surface area (Å²) in [6.07, 6.45) is 0. The van der Waals surface area contributed by atoms with Crippen LogP contribution >= 0.6 is 0 Å². The lowest BCUT2D eigenvalue weighted by Crippen LogP contribution is -1.96. The first-order valence-corrected chi connectivity index (χ1v) is 19.2. The number of hydrogen-bond donors (Lipinski definition) is 0. The van der Waals surface area contributed by atoms with Crippen molar-refractivity contribution in [3.8, 4) is 45.0 Å². The van der Waals surface area contributed by atoms with Gasteiger partial charge in [0.2, 0.25) is 0 Å². The predicted molar refractivity (Wildman–Crippen MR) is 238 cm³/mol. The van der Waals surface area contributed by atoms with Crippen LogP contribution in [-0.4, -0.2) is 9.97 Å². The monoisotopic (exact) mass is 708 g/mol. The third kappa shape index (κ3) is 4.76. The third-order valence-electron chi connectivity index (χ3n) is 11.7. The molecule has 1 heterocycles. The Morgan fingerprint density at radius 3 is 1.39 bits per heavy atom. The van der Waals surface area contributed by atoms with Crippen molar-refractivity contribution in [1.29, 1.82) is 0 Å². The number of aromatic nitrogens is 2. The number of nitrogens with zero attached hydrogens (tertiary/aromatic N) is 2. The maximum absolute atomic E-state index is 5.33. The van der Waals surface area contributed by atoms with Crippen molar-refractivity contribution in [2.45, 2.75) is 0 Å². The van der Waals surface area contributed by atoms with E-state index in [1.54, 1.807) is 0 Å². The molecule has 12 aromatic rings. The minimum absolute atomic E-state index is 0.707. The van der Waals surface area contributed by atoms with Crippen LogP contribution in [0.4, 0.5) is 0 Å². The average Bonchev–Trinajstić information content (AvgIpc) is 3.27. The summed E-state index contributed by atoms with van der Waals surface area (Å²) in [6.45, 7) is 0. The van der Waals surface area contributed by atoms with Gasteiger partial charge in [0.25, 0.3) is 0 Å². The molecule has 0 saturated heterocycles. The summed E-state index contributed by atoms with van der Waals surface area (Å²) in [5.41, 5.74) is 7.22. The van der Waals surface area contributed by atoms with Gasteiger partial charge in [-0.2, -0.15) is 0 Å². The second kappa shape index (κ2) is 12.0. The molecule has 0 saturated carbocycles. The van der Waals surface area contributed by atoms with Gasteiger partial charge in [-0.15, -0.1) is 0 Å². The molecule has 56 heavy (non-hydrogen) atoms. The third-order valence-corrected chi connectivity index (χ3v) is 11.7. The Labute approximate surface area is 323 Å². The summed E-state index contributed by atoms with van der Waals surface area (Å²) in [5, 5.41) is 17.6. The molecule has 0 spiro atoms. The highest BCUT2D eigenvalue weighted by atomic mass is 14.9. The topological polar surface area (TPSA) is 25.8 Å². The summed E-state index contributed by atoms with van der Waals surface area (Å²) in [6, 6.07) is 70.6. The predicted octanol–water partition coefficient (Wildman–Crippen LogP) is 14.7. The molecule has 0 bridgehead atoms. The van der Waals surface area contributed by atoms with Crippen molar-refractivity contribution in [3.05, 3.63) is 194 Å². The number of hydrogen-bond acceptors (Lipinski definition) is 2. The van der Waals surface area contributed by atoms with Crippen LogP contribution in [0, 0.1) is 0 Å². The van der Waals surface area contributed by atoms with E-state index in [2.05, 4.69) is 188 Å². The van der Waals surface area contributed by atoms with Gasteiger partial charge in [0.05, 0.1) is 11.4 Å². The molecule has 0 N–H and O–H groups in total. The van der Waals surface area contributed by atoms with Crippen molar-refractivity contribution in [3.63, 3.8) is 0 Å². The molecule has 0 radical (unpaired) electrons. The molecule has 0 aliphatic carbocycles. The molecule has 1 aromatic heterocycles. The van der Waals surface area contributed by atoms with E-state index in [1.807, 2.05) is 6.07 Å². The van der Waals surface area contributed by atoms with Crippen LogP contribution in [0.3, 0.4) is 0 Å². The minimum atomic E-state index is 0.707. The van der Waals surface area contributed by atoms with E-state index >= 15 is 0 Å². The first-order chi connectivity index (χ1) is 27.7. The van der Waals surface area contributed by atoms with Gasteiger partial charge >= 0.3 is 0 Å². The van der Waals surface area contributed by atoms with E-state index in [9.17, 15) is 0 Å². The van der Waals surface area contributed by atoms with Crippen molar-refractivity contribution in [2.75, 3.05) is 0 Å². The van der Waals surface area contributed by atoms with Crippen LogP contribution in [-0.2, 0) is 0 Å². The molecule has 12 rings (SSSR count). The zero-order valence-electron chi connectivity index (χ0n) is 30.4. The lowest BCUT2D eigenvalue weighted by atomic mass is 9.87. The first kappa shape index (κ1) is 31.0. The van der Waals surface area contributed by atoms with E-state index in [4.69, 9.17) is 9.97 Å². The highest BCUT2D eigenvalue weighted by Gasteiger charge is 2.18. The number of benzene rings is 10. The normalized spacial score (nSPS) is 11.9. The average molecular weight is 709 g/mol.